The molecule has 2 aromatic carbocycles. The van der Waals surface area contributed by atoms with Gasteiger partial charge in [-0.25, -0.2) is 9.97 Å². The van der Waals surface area contributed by atoms with E-state index in [0.717, 1.165) is 29.3 Å². The first-order valence-electron chi connectivity index (χ1n) is 10.4. The molecule has 0 saturated carbocycles. The van der Waals surface area contributed by atoms with Gasteiger partial charge in [0.25, 0.3) is 5.91 Å². The minimum Gasteiger partial charge on any atom is -0.370 e. The van der Waals surface area contributed by atoms with Gasteiger partial charge in [-0.15, -0.1) is 0 Å². The van der Waals surface area contributed by atoms with Crippen molar-refractivity contribution < 1.29 is 4.79 Å². The number of anilines is 4. The molecular weight excluding hydrogens is 402 g/mol. The van der Waals surface area contributed by atoms with Crippen LogP contribution in [0.4, 0.5) is 23.0 Å². The Morgan fingerprint density at radius 1 is 0.938 bits per heavy atom. The van der Waals surface area contributed by atoms with Crippen molar-refractivity contribution in [3.63, 3.8) is 0 Å². The van der Waals surface area contributed by atoms with E-state index in [1.165, 1.54) is 0 Å². The fourth-order valence-electron chi connectivity index (χ4n) is 3.31. The number of amides is 1. The molecule has 0 bridgehead atoms. The van der Waals surface area contributed by atoms with Gasteiger partial charge in [0.05, 0.1) is 5.69 Å². The number of carbonyl (C=O) groups excluding carboxylic acids is 1. The Morgan fingerprint density at radius 3 is 2.34 bits per heavy atom. The molecule has 3 N–H and O–H groups in total. The van der Waals surface area contributed by atoms with Crippen LogP contribution >= 0.6 is 0 Å². The van der Waals surface area contributed by atoms with E-state index in [0.29, 0.717) is 23.0 Å². The minimum atomic E-state index is -0.218. The van der Waals surface area contributed by atoms with Crippen LogP contribution in [0.2, 0.25) is 0 Å². The third-order valence-corrected chi connectivity index (χ3v) is 4.79. The standard InChI is InChI=1S/C24H25N7O/c1-4-25-22-15-23(27-16(2)26-22)28-18-10-12-19(13-11-18)29-24(32)21-14-20(30-31(21)3)17-8-6-5-7-9-17/h5-15H,4H2,1-3H3,(H,29,32)(H2,25,26,27,28). The van der Waals surface area contributed by atoms with Crippen molar-refractivity contribution in [3.8, 4) is 11.3 Å². The number of carbonyl (C=O) groups is 1. The molecule has 0 atom stereocenters. The Labute approximate surface area is 186 Å². The molecule has 1 amide bonds. The van der Waals surface area contributed by atoms with E-state index in [-0.39, 0.29) is 5.91 Å². The van der Waals surface area contributed by atoms with Crippen LogP contribution in [-0.2, 0) is 7.05 Å². The first kappa shape index (κ1) is 21.0. The first-order valence-corrected chi connectivity index (χ1v) is 10.4. The van der Waals surface area contributed by atoms with E-state index in [2.05, 4.69) is 31.0 Å². The van der Waals surface area contributed by atoms with Gasteiger partial charge >= 0.3 is 0 Å². The predicted octanol–water partition coefficient (Wildman–Crippen LogP) is 4.61. The number of benzene rings is 2. The maximum absolute atomic E-state index is 12.8. The topological polar surface area (TPSA) is 96.8 Å². The Morgan fingerprint density at radius 2 is 1.62 bits per heavy atom. The fourth-order valence-corrected chi connectivity index (χ4v) is 3.31. The molecule has 162 valence electrons. The van der Waals surface area contributed by atoms with E-state index in [4.69, 9.17) is 0 Å². The second-order valence-corrected chi connectivity index (χ2v) is 7.28. The predicted molar refractivity (Wildman–Crippen MR) is 127 cm³/mol. The quantitative estimate of drug-likeness (QED) is 0.398. The zero-order chi connectivity index (χ0) is 22.5. The lowest BCUT2D eigenvalue weighted by Crippen LogP contribution is -2.16. The van der Waals surface area contributed by atoms with Crippen molar-refractivity contribution in [2.75, 3.05) is 22.5 Å². The van der Waals surface area contributed by atoms with E-state index in [1.54, 1.807) is 17.8 Å². The lowest BCUT2D eigenvalue weighted by atomic mass is 10.1. The van der Waals surface area contributed by atoms with E-state index in [1.807, 2.05) is 74.5 Å². The molecule has 4 aromatic rings. The summed E-state index contributed by atoms with van der Waals surface area (Å²) in [7, 11) is 1.76. The summed E-state index contributed by atoms with van der Waals surface area (Å²) in [6, 6.07) is 20.9. The number of nitrogens with one attached hydrogen (secondary N) is 3. The van der Waals surface area contributed by atoms with Crippen molar-refractivity contribution in [1.29, 1.82) is 0 Å². The third kappa shape index (κ3) is 4.92. The summed E-state index contributed by atoms with van der Waals surface area (Å²) >= 11 is 0. The number of nitrogens with zero attached hydrogens (tertiary/aromatic N) is 4. The summed E-state index contributed by atoms with van der Waals surface area (Å²) in [5.74, 6) is 1.94. The molecule has 8 nitrogen and oxygen atoms in total. The lowest BCUT2D eigenvalue weighted by Gasteiger charge is -2.10. The fraction of sp³-hybridized carbons (Fsp3) is 0.167. The van der Waals surface area contributed by atoms with Crippen LogP contribution in [0.3, 0.4) is 0 Å². The second kappa shape index (κ2) is 9.30. The number of hydrogen-bond donors (Lipinski definition) is 3. The van der Waals surface area contributed by atoms with Crippen molar-refractivity contribution in [2.24, 2.45) is 7.05 Å². The summed E-state index contributed by atoms with van der Waals surface area (Å²) < 4.78 is 1.59. The normalized spacial score (nSPS) is 10.6. The molecule has 0 unspecified atom stereocenters. The van der Waals surface area contributed by atoms with Gasteiger partial charge in [-0.3, -0.25) is 9.48 Å². The van der Waals surface area contributed by atoms with Crippen LogP contribution < -0.4 is 16.0 Å². The Hall–Kier alpha value is -4.20. The van der Waals surface area contributed by atoms with Gasteiger partial charge < -0.3 is 16.0 Å². The molecule has 2 heterocycles. The maximum atomic E-state index is 12.8. The van der Waals surface area contributed by atoms with Gasteiger partial charge in [-0.2, -0.15) is 5.10 Å². The van der Waals surface area contributed by atoms with Crippen LogP contribution in [0.1, 0.15) is 23.2 Å². The molecule has 4 rings (SSSR count). The van der Waals surface area contributed by atoms with Crippen LogP contribution in [0.25, 0.3) is 11.3 Å². The van der Waals surface area contributed by atoms with E-state index >= 15 is 0 Å². The summed E-state index contributed by atoms with van der Waals surface area (Å²) in [5.41, 5.74) is 3.76. The molecule has 0 fully saturated rings. The van der Waals surface area contributed by atoms with E-state index < -0.39 is 0 Å². The van der Waals surface area contributed by atoms with Crippen molar-refractivity contribution >= 4 is 28.9 Å². The number of aryl methyl sites for hydroxylation is 2. The molecule has 2 aromatic heterocycles. The average Bonchev–Trinajstić information content (AvgIpc) is 3.17. The summed E-state index contributed by atoms with van der Waals surface area (Å²) in [6.45, 7) is 4.66. The number of rotatable bonds is 7. The van der Waals surface area contributed by atoms with E-state index in [9.17, 15) is 4.79 Å². The zero-order valence-corrected chi connectivity index (χ0v) is 18.3. The van der Waals surface area contributed by atoms with Crippen LogP contribution in [0.15, 0.2) is 66.7 Å². The summed E-state index contributed by atoms with van der Waals surface area (Å²) in [5, 5.41) is 13.8. The zero-order valence-electron chi connectivity index (χ0n) is 18.3. The highest BCUT2D eigenvalue weighted by Gasteiger charge is 2.14. The molecule has 0 aliphatic heterocycles. The van der Waals surface area contributed by atoms with Crippen molar-refractivity contribution in [3.05, 3.63) is 78.2 Å². The van der Waals surface area contributed by atoms with Gasteiger partial charge in [0, 0.05) is 36.6 Å². The maximum Gasteiger partial charge on any atom is 0.273 e. The average molecular weight is 428 g/mol. The highest BCUT2D eigenvalue weighted by atomic mass is 16.2. The molecule has 0 radical (unpaired) electrons. The SMILES string of the molecule is CCNc1cc(Nc2ccc(NC(=O)c3cc(-c4ccccc4)nn3C)cc2)nc(C)n1. The number of aromatic nitrogens is 4. The molecule has 0 aliphatic carbocycles. The minimum absolute atomic E-state index is 0.218. The highest BCUT2D eigenvalue weighted by Crippen LogP contribution is 2.22. The lowest BCUT2D eigenvalue weighted by molar-refractivity contribution is 0.101. The first-order chi connectivity index (χ1) is 15.5. The Kier molecular flexibility index (Phi) is 6.12. The Balaban J connectivity index is 1.44. The molecule has 0 aliphatic rings. The largest absolute Gasteiger partial charge is 0.370 e. The van der Waals surface area contributed by atoms with Crippen molar-refractivity contribution in [1.82, 2.24) is 19.7 Å². The molecule has 0 saturated heterocycles. The summed E-state index contributed by atoms with van der Waals surface area (Å²) in [6.07, 6.45) is 0. The van der Waals surface area contributed by atoms with Gasteiger partial charge in [-0.1, -0.05) is 30.3 Å². The van der Waals surface area contributed by atoms with Crippen LogP contribution in [-0.4, -0.2) is 32.2 Å². The summed E-state index contributed by atoms with van der Waals surface area (Å²) in [4.78, 5) is 21.5. The van der Waals surface area contributed by atoms with Crippen LogP contribution in [0, 0.1) is 6.92 Å². The smallest absolute Gasteiger partial charge is 0.273 e. The van der Waals surface area contributed by atoms with Gasteiger partial charge in [0.2, 0.25) is 0 Å². The van der Waals surface area contributed by atoms with Gasteiger partial charge in [0.15, 0.2) is 0 Å². The van der Waals surface area contributed by atoms with Gasteiger partial charge in [0.1, 0.15) is 23.2 Å². The monoisotopic (exact) mass is 427 g/mol. The molecule has 0 spiro atoms. The second-order valence-electron chi connectivity index (χ2n) is 7.28. The Bertz CT molecular complexity index is 1220. The molecule has 8 heteroatoms. The third-order valence-electron chi connectivity index (χ3n) is 4.79. The number of hydrogen-bond acceptors (Lipinski definition) is 6. The van der Waals surface area contributed by atoms with Crippen molar-refractivity contribution in [2.45, 2.75) is 13.8 Å². The molecule has 32 heavy (non-hydrogen) atoms. The molecular formula is C24H25N7O. The van der Waals surface area contributed by atoms with Gasteiger partial charge in [-0.05, 0) is 44.2 Å². The highest BCUT2D eigenvalue weighted by molar-refractivity contribution is 6.03. The van der Waals surface area contributed by atoms with Crippen LogP contribution in [0.5, 0.6) is 0 Å².